The first kappa shape index (κ1) is 14.5. The van der Waals surface area contributed by atoms with Gasteiger partial charge in [0, 0.05) is 26.2 Å². The van der Waals surface area contributed by atoms with E-state index < -0.39 is 0 Å². The Kier molecular flexibility index (Phi) is 5.41. The Morgan fingerprint density at radius 3 is 2.53 bits per heavy atom. The molecule has 2 rings (SSSR count). The molecule has 0 fully saturated rings. The highest BCUT2D eigenvalue weighted by molar-refractivity contribution is 5.34. The molecular weight excluding hydrogens is 232 g/mol. The van der Waals surface area contributed by atoms with Crippen LogP contribution >= 0.6 is 0 Å². The lowest BCUT2D eigenvalue weighted by molar-refractivity contribution is 0.226. The summed E-state index contributed by atoms with van der Waals surface area (Å²) in [5.74, 6) is 0.844. The van der Waals surface area contributed by atoms with Gasteiger partial charge in [0.15, 0.2) is 0 Å². The molecular formula is C17H28N2. The van der Waals surface area contributed by atoms with Crippen LogP contribution in [0.2, 0.25) is 0 Å². The number of nitrogens with one attached hydrogen (secondary N) is 1. The minimum atomic E-state index is 0.844. The van der Waals surface area contributed by atoms with Crippen molar-refractivity contribution in [1.82, 2.24) is 10.2 Å². The molecule has 1 N–H and O–H groups in total. The molecule has 0 atom stereocenters. The summed E-state index contributed by atoms with van der Waals surface area (Å²) in [4.78, 5) is 2.59. The second-order valence-corrected chi connectivity index (χ2v) is 5.72. The average Bonchev–Trinajstić information content (AvgIpc) is 2.90. The maximum absolute atomic E-state index is 3.42. The van der Waals surface area contributed by atoms with Gasteiger partial charge in [-0.2, -0.15) is 0 Å². The van der Waals surface area contributed by atoms with Crippen LogP contribution in [-0.2, 0) is 19.6 Å². The number of nitrogens with zero attached hydrogens (tertiary/aromatic N) is 1. The molecule has 0 amide bonds. The lowest BCUT2D eigenvalue weighted by Gasteiger charge is -2.25. The molecule has 2 nitrogen and oxygen atoms in total. The van der Waals surface area contributed by atoms with Crippen molar-refractivity contribution < 1.29 is 0 Å². The molecule has 0 aliphatic carbocycles. The summed E-state index contributed by atoms with van der Waals surface area (Å²) in [7, 11) is 0. The summed E-state index contributed by atoms with van der Waals surface area (Å²) < 4.78 is 0. The summed E-state index contributed by atoms with van der Waals surface area (Å²) >= 11 is 0. The number of fused-ring (bicyclic) bond motifs is 1. The van der Waals surface area contributed by atoms with Crippen molar-refractivity contribution in [3.8, 4) is 0 Å². The molecule has 0 saturated carbocycles. The summed E-state index contributed by atoms with van der Waals surface area (Å²) in [5.41, 5.74) is 4.44. The highest BCUT2D eigenvalue weighted by Crippen LogP contribution is 2.19. The van der Waals surface area contributed by atoms with Crippen LogP contribution in [0, 0.1) is 5.92 Å². The molecule has 1 aliphatic heterocycles. The molecule has 2 heteroatoms. The van der Waals surface area contributed by atoms with Crippen molar-refractivity contribution in [2.45, 2.75) is 53.2 Å². The van der Waals surface area contributed by atoms with Gasteiger partial charge in [-0.05, 0) is 29.2 Å². The summed E-state index contributed by atoms with van der Waals surface area (Å²) in [6.45, 7) is 12.5. The fourth-order valence-corrected chi connectivity index (χ4v) is 2.92. The van der Waals surface area contributed by atoms with E-state index in [0.29, 0.717) is 0 Å². The predicted molar refractivity (Wildman–Crippen MR) is 82.0 cm³/mol. The van der Waals surface area contributed by atoms with E-state index in [4.69, 9.17) is 0 Å². The third-order valence-corrected chi connectivity index (χ3v) is 4.43. The van der Waals surface area contributed by atoms with Crippen molar-refractivity contribution in [2.24, 2.45) is 5.92 Å². The third kappa shape index (κ3) is 3.80. The van der Waals surface area contributed by atoms with Crippen molar-refractivity contribution in [3.05, 3.63) is 34.9 Å². The largest absolute Gasteiger partial charge is 0.309 e. The first-order valence-corrected chi connectivity index (χ1v) is 7.80. The molecule has 1 aromatic carbocycles. The van der Waals surface area contributed by atoms with Gasteiger partial charge in [0.1, 0.15) is 0 Å². The van der Waals surface area contributed by atoms with Gasteiger partial charge < -0.3 is 5.32 Å². The first-order chi connectivity index (χ1) is 9.26. The molecule has 1 aliphatic rings. The average molecular weight is 260 g/mol. The molecule has 0 spiro atoms. The van der Waals surface area contributed by atoms with E-state index in [2.05, 4.69) is 49.2 Å². The van der Waals surface area contributed by atoms with Crippen LogP contribution < -0.4 is 5.32 Å². The SMILES string of the molecule is CCC(CC)CN(CC)Cc1ccc2c(c1)CNC2. The molecule has 1 aromatic rings. The summed E-state index contributed by atoms with van der Waals surface area (Å²) in [6.07, 6.45) is 2.59. The second-order valence-electron chi connectivity index (χ2n) is 5.72. The van der Waals surface area contributed by atoms with Crippen molar-refractivity contribution >= 4 is 0 Å². The quantitative estimate of drug-likeness (QED) is 0.806. The molecule has 19 heavy (non-hydrogen) atoms. The number of hydrogen-bond donors (Lipinski definition) is 1. The van der Waals surface area contributed by atoms with Gasteiger partial charge in [0.05, 0.1) is 0 Å². The fraction of sp³-hybridized carbons (Fsp3) is 0.647. The zero-order valence-electron chi connectivity index (χ0n) is 12.7. The van der Waals surface area contributed by atoms with E-state index in [-0.39, 0.29) is 0 Å². The highest BCUT2D eigenvalue weighted by atomic mass is 15.1. The minimum absolute atomic E-state index is 0.844. The fourth-order valence-electron chi connectivity index (χ4n) is 2.92. The van der Waals surface area contributed by atoms with E-state index >= 15 is 0 Å². The first-order valence-electron chi connectivity index (χ1n) is 7.80. The van der Waals surface area contributed by atoms with E-state index in [9.17, 15) is 0 Å². The summed E-state index contributed by atoms with van der Waals surface area (Å²) in [6, 6.07) is 7.00. The molecule has 0 aromatic heterocycles. The van der Waals surface area contributed by atoms with Gasteiger partial charge in [-0.25, -0.2) is 0 Å². The summed E-state index contributed by atoms with van der Waals surface area (Å²) in [5, 5.41) is 3.42. The van der Waals surface area contributed by atoms with Crippen molar-refractivity contribution in [3.63, 3.8) is 0 Å². The maximum Gasteiger partial charge on any atom is 0.0233 e. The van der Waals surface area contributed by atoms with E-state index in [1.807, 2.05) is 0 Å². The van der Waals surface area contributed by atoms with Crippen LogP contribution in [0.1, 0.15) is 50.3 Å². The van der Waals surface area contributed by atoms with Crippen LogP contribution in [0.3, 0.4) is 0 Å². The van der Waals surface area contributed by atoms with E-state index in [0.717, 1.165) is 32.1 Å². The topological polar surface area (TPSA) is 15.3 Å². The van der Waals surface area contributed by atoms with Crippen LogP contribution in [0.25, 0.3) is 0 Å². The van der Waals surface area contributed by atoms with Gasteiger partial charge in [-0.3, -0.25) is 4.90 Å². The molecule has 0 bridgehead atoms. The molecule has 0 saturated heterocycles. The second kappa shape index (κ2) is 7.06. The van der Waals surface area contributed by atoms with Crippen LogP contribution in [0.5, 0.6) is 0 Å². The zero-order valence-corrected chi connectivity index (χ0v) is 12.7. The van der Waals surface area contributed by atoms with Crippen molar-refractivity contribution in [1.29, 1.82) is 0 Å². The Hall–Kier alpha value is -0.860. The van der Waals surface area contributed by atoms with Crippen molar-refractivity contribution in [2.75, 3.05) is 13.1 Å². The third-order valence-electron chi connectivity index (χ3n) is 4.43. The lowest BCUT2D eigenvalue weighted by atomic mass is 10.0. The van der Waals surface area contributed by atoms with Gasteiger partial charge in [0.2, 0.25) is 0 Å². The van der Waals surface area contributed by atoms with E-state index in [1.165, 1.54) is 36.1 Å². The van der Waals surface area contributed by atoms with Gasteiger partial charge in [0.25, 0.3) is 0 Å². The maximum atomic E-state index is 3.42. The van der Waals surface area contributed by atoms with E-state index in [1.54, 1.807) is 0 Å². The van der Waals surface area contributed by atoms with Gasteiger partial charge in [-0.15, -0.1) is 0 Å². The highest BCUT2D eigenvalue weighted by Gasteiger charge is 2.13. The Balaban J connectivity index is 1.98. The monoisotopic (exact) mass is 260 g/mol. The number of benzene rings is 1. The number of hydrogen-bond acceptors (Lipinski definition) is 2. The normalized spacial score (nSPS) is 14.4. The van der Waals surface area contributed by atoms with Crippen LogP contribution in [0.4, 0.5) is 0 Å². The molecule has 0 radical (unpaired) electrons. The lowest BCUT2D eigenvalue weighted by Crippen LogP contribution is -2.28. The smallest absolute Gasteiger partial charge is 0.0233 e. The Bertz CT molecular complexity index is 396. The Morgan fingerprint density at radius 1 is 1.11 bits per heavy atom. The molecule has 0 unspecified atom stereocenters. The number of rotatable bonds is 7. The minimum Gasteiger partial charge on any atom is -0.309 e. The van der Waals surface area contributed by atoms with Crippen LogP contribution in [0.15, 0.2) is 18.2 Å². The zero-order chi connectivity index (χ0) is 13.7. The molecule has 1 heterocycles. The predicted octanol–water partition coefficient (Wildman–Crippen LogP) is 3.55. The van der Waals surface area contributed by atoms with Gasteiger partial charge in [-0.1, -0.05) is 51.8 Å². The molecule has 106 valence electrons. The standard InChI is InChI=1S/C17H28N2/c1-4-14(5-2)12-19(6-3)13-15-7-8-16-10-18-11-17(16)9-15/h7-9,14,18H,4-6,10-13H2,1-3H3. The Labute approximate surface area is 118 Å². The van der Waals surface area contributed by atoms with Gasteiger partial charge >= 0.3 is 0 Å². The Morgan fingerprint density at radius 2 is 1.84 bits per heavy atom. The van der Waals surface area contributed by atoms with Crippen LogP contribution in [-0.4, -0.2) is 18.0 Å².